The Bertz CT molecular complexity index is 1060. The standard InChI is InChI=1S/C30H36O6/c1-17-19-5-9-29(3)11-7-26(32)22(23(29)13-19)16-36-28(34)18(2)20-6-10-30(4)12-8-25(31)21(24(30)14-20)15-35-27(17)33/h7-8,11-12,17-20H,5-6,9-10,13-16H2,1-4H3/t17-,18-,19-,20+,29-,30-/m1/s1. The molecular weight excluding hydrogens is 456 g/mol. The maximum Gasteiger partial charge on any atom is 0.309 e. The van der Waals surface area contributed by atoms with Crippen molar-refractivity contribution in [3.63, 3.8) is 0 Å². The highest BCUT2D eigenvalue weighted by Gasteiger charge is 2.44. The van der Waals surface area contributed by atoms with Crippen LogP contribution in [0.1, 0.15) is 66.2 Å². The van der Waals surface area contributed by atoms with Gasteiger partial charge in [0.05, 0.1) is 11.8 Å². The van der Waals surface area contributed by atoms with E-state index in [-0.39, 0.29) is 71.2 Å². The normalized spacial score (nSPS) is 39.2. The number of ether oxygens (including phenoxy) is 2. The van der Waals surface area contributed by atoms with Crippen LogP contribution in [-0.2, 0) is 28.7 Å². The highest BCUT2D eigenvalue weighted by Crippen LogP contribution is 2.51. The fourth-order valence-electron chi connectivity index (χ4n) is 6.89. The molecule has 6 heteroatoms. The molecule has 36 heavy (non-hydrogen) atoms. The number of rotatable bonds is 0. The van der Waals surface area contributed by atoms with Gasteiger partial charge in [-0.1, -0.05) is 39.8 Å². The molecule has 192 valence electrons. The molecule has 0 spiro atoms. The van der Waals surface area contributed by atoms with Crippen LogP contribution in [0.15, 0.2) is 46.6 Å². The van der Waals surface area contributed by atoms with Crippen molar-refractivity contribution < 1.29 is 28.7 Å². The van der Waals surface area contributed by atoms with E-state index < -0.39 is 0 Å². The van der Waals surface area contributed by atoms with E-state index in [0.29, 0.717) is 24.0 Å². The van der Waals surface area contributed by atoms with Crippen molar-refractivity contribution >= 4 is 23.5 Å². The van der Waals surface area contributed by atoms with Crippen molar-refractivity contribution in [2.24, 2.45) is 34.5 Å². The predicted octanol–water partition coefficient (Wildman–Crippen LogP) is 4.84. The Morgan fingerprint density at radius 2 is 1.08 bits per heavy atom. The Balaban J connectivity index is 1.52. The number of fused-ring (bicyclic) bond motifs is 2. The summed E-state index contributed by atoms with van der Waals surface area (Å²) in [6.45, 7) is 7.90. The fourth-order valence-corrected chi connectivity index (χ4v) is 6.89. The van der Waals surface area contributed by atoms with Gasteiger partial charge in [-0.05, 0) is 73.7 Å². The highest BCUT2D eigenvalue weighted by atomic mass is 16.5. The number of carbonyl (C=O) groups is 4. The van der Waals surface area contributed by atoms with E-state index in [0.717, 1.165) is 36.8 Å². The quantitative estimate of drug-likeness (QED) is 0.450. The smallest absolute Gasteiger partial charge is 0.309 e. The van der Waals surface area contributed by atoms with Gasteiger partial charge in [-0.15, -0.1) is 0 Å². The molecular formula is C30H36O6. The van der Waals surface area contributed by atoms with E-state index in [9.17, 15) is 19.2 Å². The lowest BCUT2D eigenvalue weighted by Crippen LogP contribution is -2.38. The van der Waals surface area contributed by atoms with Gasteiger partial charge in [0.25, 0.3) is 0 Å². The number of cyclic esters (lactones) is 2. The topological polar surface area (TPSA) is 86.7 Å². The maximum absolute atomic E-state index is 13.2. The van der Waals surface area contributed by atoms with E-state index in [4.69, 9.17) is 9.47 Å². The molecule has 0 N–H and O–H groups in total. The Hall–Kier alpha value is -2.76. The van der Waals surface area contributed by atoms with Crippen LogP contribution in [0.25, 0.3) is 0 Å². The lowest BCUT2D eigenvalue weighted by atomic mass is 9.62. The molecule has 6 atom stereocenters. The van der Waals surface area contributed by atoms with Crippen LogP contribution >= 0.6 is 0 Å². The molecule has 0 aromatic heterocycles. The van der Waals surface area contributed by atoms with E-state index in [1.54, 1.807) is 12.2 Å². The lowest BCUT2D eigenvalue weighted by molar-refractivity contribution is -0.149. The number of carbonyl (C=O) groups excluding carboxylic acids is 4. The summed E-state index contributed by atoms with van der Waals surface area (Å²) in [5.74, 6) is -1.55. The summed E-state index contributed by atoms with van der Waals surface area (Å²) >= 11 is 0. The third-order valence-corrected chi connectivity index (χ3v) is 9.78. The highest BCUT2D eigenvalue weighted by molar-refractivity contribution is 6.07. The van der Waals surface area contributed by atoms with Crippen LogP contribution in [0.3, 0.4) is 0 Å². The second kappa shape index (κ2) is 8.97. The minimum atomic E-state index is -0.370. The van der Waals surface area contributed by atoms with E-state index in [1.165, 1.54) is 0 Å². The fraction of sp³-hybridized carbons (Fsp3) is 0.600. The van der Waals surface area contributed by atoms with Crippen LogP contribution in [0.4, 0.5) is 0 Å². The molecule has 0 saturated heterocycles. The maximum atomic E-state index is 13.2. The molecule has 2 saturated carbocycles. The zero-order valence-corrected chi connectivity index (χ0v) is 21.7. The largest absolute Gasteiger partial charge is 0.460 e. The number of ketones is 2. The van der Waals surface area contributed by atoms with Crippen LogP contribution in [-0.4, -0.2) is 36.7 Å². The van der Waals surface area contributed by atoms with Crippen molar-refractivity contribution in [1.82, 2.24) is 0 Å². The number of hydrogen-bond acceptors (Lipinski definition) is 6. The molecule has 6 nitrogen and oxygen atoms in total. The van der Waals surface area contributed by atoms with Crippen LogP contribution < -0.4 is 0 Å². The molecule has 5 aliphatic rings. The minimum Gasteiger partial charge on any atom is -0.460 e. The first kappa shape index (κ1) is 24.9. The Labute approximate surface area is 212 Å². The van der Waals surface area contributed by atoms with Crippen molar-refractivity contribution in [3.05, 3.63) is 46.6 Å². The lowest BCUT2D eigenvalue weighted by Gasteiger charge is -2.43. The van der Waals surface area contributed by atoms with E-state index in [2.05, 4.69) is 13.8 Å². The summed E-state index contributed by atoms with van der Waals surface area (Å²) in [6, 6.07) is 0. The summed E-state index contributed by atoms with van der Waals surface area (Å²) in [5, 5.41) is 0. The Morgan fingerprint density at radius 3 is 1.47 bits per heavy atom. The summed E-state index contributed by atoms with van der Waals surface area (Å²) in [4.78, 5) is 52.1. The van der Waals surface area contributed by atoms with Gasteiger partial charge >= 0.3 is 11.9 Å². The molecule has 0 aromatic rings. The first-order valence-electron chi connectivity index (χ1n) is 13.3. The van der Waals surface area contributed by atoms with Crippen molar-refractivity contribution in [3.8, 4) is 0 Å². The monoisotopic (exact) mass is 492 g/mol. The van der Waals surface area contributed by atoms with Crippen LogP contribution in [0, 0.1) is 34.5 Å². The first-order valence-corrected chi connectivity index (χ1v) is 13.3. The van der Waals surface area contributed by atoms with Gasteiger partial charge in [-0.25, -0.2) is 0 Å². The SMILES string of the molecule is C[C@H]1C(=O)OCC2=C3C[C@H](CC[C@]3(C)C=CC2=O)[C@@H](C)C(=O)OCC2=C3C[C@H]1CC[C@]3(C)C=CC2=O. The van der Waals surface area contributed by atoms with Gasteiger partial charge in [0.2, 0.25) is 0 Å². The van der Waals surface area contributed by atoms with Gasteiger partial charge in [0.15, 0.2) is 11.6 Å². The number of allylic oxidation sites excluding steroid dienone is 6. The Kier molecular flexibility index (Phi) is 6.20. The number of hydrogen-bond donors (Lipinski definition) is 0. The van der Waals surface area contributed by atoms with Gasteiger partial charge in [0.1, 0.15) is 13.2 Å². The van der Waals surface area contributed by atoms with Gasteiger partial charge < -0.3 is 9.47 Å². The van der Waals surface area contributed by atoms with Crippen molar-refractivity contribution in [1.29, 1.82) is 0 Å². The minimum absolute atomic E-state index is 0.0151. The van der Waals surface area contributed by atoms with Crippen molar-refractivity contribution in [2.75, 3.05) is 13.2 Å². The number of esters is 2. The zero-order chi connectivity index (χ0) is 25.8. The van der Waals surface area contributed by atoms with E-state index in [1.807, 2.05) is 26.0 Å². The molecule has 4 aliphatic carbocycles. The molecule has 0 radical (unpaired) electrons. The van der Waals surface area contributed by atoms with Gasteiger partial charge in [-0.2, -0.15) is 0 Å². The second-order valence-corrected chi connectivity index (χ2v) is 11.9. The average molecular weight is 493 g/mol. The second-order valence-electron chi connectivity index (χ2n) is 11.9. The summed E-state index contributed by atoms with van der Waals surface area (Å²) in [6.07, 6.45) is 11.6. The first-order chi connectivity index (χ1) is 17.0. The summed E-state index contributed by atoms with van der Waals surface area (Å²) in [7, 11) is 0. The Morgan fingerprint density at radius 1 is 0.694 bits per heavy atom. The molecule has 1 aliphatic heterocycles. The summed E-state index contributed by atoms with van der Waals surface area (Å²) in [5.41, 5.74) is 2.51. The van der Waals surface area contributed by atoms with Crippen LogP contribution in [0.2, 0.25) is 0 Å². The zero-order valence-electron chi connectivity index (χ0n) is 21.7. The van der Waals surface area contributed by atoms with Gasteiger partial charge in [-0.3, -0.25) is 19.2 Å². The average Bonchev–Trinajstić information content (AvgIpc) is 2.86. The summed E-state index contributed by atoms with van der Waals surface area (Å²) < 4.78 is 11.6. The molecule has 5 rings (SSSR count). The molecule has 0 aromatic carbocycles. The van der Waals surface area contributed by atoms with Gasteiger partial charge in [0, 0.05) is 22.0 Å². The third-order valence-electron chi connectivity index (χ3n) is 9.78. The third kappa shape index (κ3) is 4.12. The van der Waals surface area contributed by atoms with E-state index >= 15 is 0 Å². The molecule has 1 heterocycles. The molecule has 0 amide bonds. The molecule has 4 bridgehead atoms. The molecule has 2 fully saturated rings. The van der Waals surface area contributed by atoms with Crippen molar-refractivity contribution in [2.45, 2.75) is 66.2 Å². The predicted molar refractivity (Wildman–Crippen MR) is 133 cm³/mol. The van der Waals surface area contributed by atoms with Crippen LogP contribution in [0.5, 0.6) is 0 Å². The molecule has 0 unspecified atom stereocenters.